The van der Waals surface area contributed by atoms with Gasteiger partial charge in [-0.3, -0.25) is 0 Å². The fourth-order valence-electron chi connectivity index (χ4n) is 1.18. The average molecular weight is 185 g/mol. The average Bonchev–Trinajstić information content (AvgIpc) is 2.47. The Balaban J connectivity index is 2.72. The van der Waals surface area contributed by atoms with E-state index in [0.29, 0.717) is 0 Å². The van der Waals surface area contributed by atoms with Crippen LogP contribution in [0.25, 0.3) is 0 Å². The summed E-state index contributed by atoms with van der Waals surface area (Å²) in [5.41, 5.74) is 1.32. The molecule has 0 aromatic carbocycles. The summed E-state index contributed by atoms with van der Waals surface area (Å²) in [7, 11) is 3.69. The van der Waals surface area contributed by atoms with Gasteiger partial charge in [-0.25, -0.2) is 0 Å². The number of methoxy groups -OCH3 is 1. The molecule has 0 fully saturated rings. The molecule has 1 aromatic rings. The molecule has 0 radical (unpaired) electrons. The van der Waals surface area contributed by atoms with E-state index in [-0.39, 0.29) is 6.10 Å². The van der Waals surface area contributed by atoms with Gasteiger partial charge >= 0.3 is 0 Å². The van der Waals surface area contributed by atoms with Gasteiger partial charge in [0.2, 0.25) is 0 Å². The van der Waals surface area contributed by atoms with Gasteiger partial charge in [0.1, 0.15) is 6.10 Å². The van der Waals surface area contributed by atoms with Crippen LogP contribution in [0.2, 0.25) is 0 Å². The molecular weight excluding hydrogens is 170 g/mol. The van der Waals surface area contributed by atoms with Crippen molar-refractivity contribution in [1.82, 2.24) is 5.32 Å². The van der Waals surface area contributed by atoms with Gasteiger partial charge in [-0.1, -0.05) is 0 Å². The van der Waals surface area contributed by atoms with Gasteiger partial charge in [0.15, 0.2) is 0 Å². The lowest BCUT2D eigenvalue weighted by atomic mass is 10.2. The highest BCUT2D eigenvalue weighted by Crippen LogP contribution is 2.25. The quantitative estimate of drug-likeness (QED) is 0.774. The zero-order chi connectivity index (χ0) is 8.97. The normalized spacial score (nSPS) is 13.2. The number of nitrogens with one attached hydrogen (secondary N) is 1. The second-order valence-corrected chi connectivity index (χ2v) is 3.70. The molecule has 1 N–H and O–H groups in total. The lowest BCUT2D eigenvalue weighted by Gasteiger charge is -2.13. The number of thiophene rings is 1. The van der Waals surface area contributed by atoms with Crippen LogP contribution in [0.4, 0.5) is 0 Å². The van der Waals surface area contributed by atoms with E-state index in [0.717, 1.165) is 6.54 Å². The smallest absolute Gasteiger partial charge is 0.104 e. The molecule has 1 aromatic heterocycles. The standard InChI is InChI=1S/C9H15NOS/c1-7-4-5-12-9(7)8(11-3)6-10-2/h4-5,8,10H,6H2,1-3H3. The highest BCUT2D eigenvalue weighted by Gasteiger charge is 2.12. The summed E-state index contributed by atoms with van der Waals surface area (Å²) in [5.74, 6) is 0. The summed E-state index contributed by atoms with van der Waals surface area (Å²) >= 11 is 1.76. The van der Waals surface area contributed by atoms with Gasteiger partial charge in [-0.15, -0.1) is 11.3 Å². The Hall–Kier alpha value is -0.380. The molecule has 1 atom stereocenters. The van der Waals surface area contributed by atoms with Crippen molar-refractivity contribution in [2.24, 2.45) is 0 Å². The van der Waals surface area contributed by atoms with Crippen molar-refractivity contribution in [3.63, 3.8) is 0 Å². The predicted molar refractivity (Wildman–Crippen MR) is 52.7 cm³/mol. The number of aryl methyl sites for hydroxylation is 1. The molecule has 0 amide bonds. The summed E-state index contributed by atoms with van der Waals surface area (Å²) in [5, 5.41) is 5.22. The first-order chi connectivity index (χ1) is 5.79. The van der Waals surface area contributed by atoms with Crippen LogP contribution >= 0.6 is 11.3 Å². The number of hydrogen-bond acceptors (Lipinski definition) is 3. The highest BCUT2D eigenvalue weighted by atomic mass is 32.1. The van der Waals surface area contributed by atoms with Crippen molar-refractivity contribution in [3.05, 3.63) is 21.9 Å². The maximum absolute atomic E-state index is 5.36. The summed E-state index contributed by atoms with van der Waals surface area (Å²) < 4.78 is 5.36. The maximum atomic E-state index is 5.36. The lowest BCUT2D eigenvalue weighted by molar-refractivity contribution is 0.107. The molecule has 0 saturated carbocycles. The molecule has 0 aliphatic carbocycles. The van der Waals surface area contributed by atoms with Crippen molar-refractivity contribution in [2.75, 3.05) is 20.7 Å². The Labute approximate surface area is 77.6 Å². The Bertz CT molecular complexity index is 234. The monoisotopic (exact) mass is 185 g/mol. The van der Waals surface area contributed by atoms with Crippen molar-refractivity contribution in [1.29, 1.82) is 0 Å². The Morgan fingerprint density at radius 3 is 2.83 bits per heavy atom. The van der Waals surface area contributed by atoms with Crippen LogP contribution in [-0.2, 0) is 4.74 Å². The molecule has 0 spiro atoms. The second-order valence-electron chi connectivity index (χ2n) is 2.75. The maximum Gasteiger partial charge on any atom is 0.104 e. The largest absolute Gasteiger partial charge is 0.375 e. The number of rotatable bonds is 4. The third-order valence-electron chi connectivity index (χ3n) is 1.87. The number of ether oxygens (including phenoxy) is 1. The van der Waals surface area contributed by atoms with Gasteiger partial charge in [-0.2, -0.15) is 0 Å². The van der Waals surface area contributed by atoms with E-state index in [9.17, 15) is 0 Å². The third kappa shape index (κ3) is 2.06. The molecule has 1 heterocycles. The minimum atomic E-state index is 0.204. The highest BCUT2D eigenvalue weighted by molar-refractivity contribution is 7.10. The fraction of sp³-hybridized carbons (Fsp3) is 0.556. The van der Waals surface area contributed by atoms with Crippen molar-refractivity contribution >= 4 is 11.3 Å². The third-order valence-corrected chi connectivity index (χ3v) is 2.98. The van der Waals surface area contributed by atoms with Crippen LogP contribution < -0.4 is 5.32 Å². The van der Waals surface area contributed by atoms with E-state index in [4.69, 9.17) is 4.74 Å². The second kappa shape index (κ2) is 4.60. The van der Waals surface area contributed by atoms with E-state index in [2.05, 4.69) is 23.7 Å². The lowest BCUT2D eigenvalue weighted by Crippen LogP contribution is -2.18. The van der Waals surface area contributed by atoms with E-state index in [1.807, 2.05) is 7.05 Å². The summed E-state index contributed by atoms with van der Waals surface area (Å²) in [6.07, 6.45) is 0.204. The van der Waals surface area contributed by atoms with Crippen molar-refractivity contribution < 1.29 is 4.74 Å². The molecule has 0 aliphatic heterocycles. The molecule has 12 heavy (non-hydrogen) atoms. The summed E-state index contributed by atoms with van der Waals surface area (Å²) in [6.45, 7) is 2.99. The van der Waals surface area contributed by atoms with Crippen LogP contribution in [0, 0.1) is 6.92 Å². The SMILES string of the molecule is CNCC(OC)c1sccc1C. The Morgan fingerprint density at radius 2 is 2.42 bits per heavy atom. The molecule has 0 aliphatic rings. The number of hydrogen-bond donors (Lipinski definition) is 1. The van der Waals surface area contributed by atoms with Crippen LogP contribution in [0.5, 0.6) is 0 Å². The van der Waals surface area contributed by atoms with Crippen LogP contribution in [-0.4, -0.2) is 20.7 Å². The van der Waals surface area contributed by atoms with E-state index in [1.165, 1.54) is 10.4 Å². The fourth-order valence-corrected chi connectivity index (χ4v) is 2.19. The minimum Gasteiger partial charge on any atom is -0.375 e. The molecule has 2 nitrogen and oxygen atoms in total. The van der Waals surface area contributed by atoms with E-state index < -0.39 is 0 Å². The van der Waals surface area contributed by atoms with Crippen molar-refractivity contribution in [2.45, 2.75) is 13.0 Å². The zero-order valence-electron chi connectivity index (χ0n) is 7.76. The van der Waals surface area contributed by atoms with Gasteiger partial charge in [0.05, 0.1) is 0 Å². The Kier molecular flexibility index (Phi) is 3.72. The molecule has 0 bridgehead atoms. The summed E-state index contributed by atoms with van der Waals surface area (Å²) in [6, 6.07) is 2.13. The van der Waals surface area contributed by atoms with Gasteiger partial charge in [-0.05, 0) is 31.0 Å². The molecule has 1 rings (SSSR count). The predicted octanol–water partition coefficient (Wildman–Crippen LogP) is 1.96. The molecule has 3 heteroatoms. The van der Waals surface area contributed by atoms with E-state index in [1.54, 1.807) is 18.4 Å². The first kappa shape index (κ1) is 9.71. The van der Waals surface area contributed by atoms with Crippen LogP contribution in [0.1, 0.15) is 16.5 Å². The van der Waals surface area contributed by atoms with Gasteiger partial charge in [0.25, 0.3) is 0 Å². The molecular formula is C9H15NOS. The topological polar surface area (TPSA) is 21.3 Å². The van der Waals surface area contributed by atoms with Gasteiger partial charge < -0.3 is 10.1 Å². The number of likely N-dealkylation sites (N-methyl/N-ethyl adjacent to an activating group) is 1. The molecule has 68 valence electrons. The summed E-state index contributed by atoms with van der Waals surface area (Å²) in [4.78, 5) is 1.33. The zero-order valence-corrected chi connectivity index (χ0v) is 8.57. The van der Waals surface area contributed by atoms with E-state index >= 15 is 0 Å². The first-order valence-electron chi connectivity index (χ1n) is 4.01. The molecule has 1 unspecified atom stereocenters. The van der Waals surface area contributed by atoms with Gasteiger partial charge in [0, 0.05) is 18.5 Å². The first-order valence-corrected chi connectivity index (χ1v) is 4.89. The van der Waals surface area contributed by atoms with Crippen molar-refractivity contribution in [3.8, 4) is 0 Å². The van der Waals surface area contributed by atoms with Crippen LogP contribution in [0.15, 0.2) is 11.4 Å². The Morgan fingerprint density at radius 1 is 1.67 bits per heavy atom. The molecule has 0 saturated heterocycles. The van der Waals surface area contributed by atoms with Crippen LogP contribution in [0.3, 0.4) is 0 Å². The minimum absolute atomic E-state index is 0.204.